The maximum atomic E-state index is 12.4. The molecule has 0 radical (unpaired) electrons. The molecule has 3 rings (SSSR count). The molecule has 6 nitrogen and oxygen atoms in total. The van der Waals surface area contributed by atoms with Crippen LogP contribution in [0.25, 0.3) is 0 Å². The quantitative estimate of drug-likeness (QED) is 0.817. The van der Waals surface area contributed by atoms with E-state index in [-0.39, 0.29) is 16.4 Å². The van der Waals surface area contributed by atoms with Gasteiger partial charge in [0.1, 0.15) is 11.4 Å². The lowest BCUT2D eigenvalue weighted by Crippen LogP contribution is -2.46. The Morgan fingerprint density at radius 1 is 1.32 bits per heavy atom. The third-order valence-corrected chi connectivity index (χ3v) is 5.99. The second-order valence-corrected chi connectivity index (χ2v) is 7.73. The number of rotatable bonds is 2. The molecular weight excluding hydrogens is 304 g/mol. The van der Waals surface area contributed by atoms with Crippen molar-refractivity contribution in [1.29, 1.82) is 0 Å². The molecule has 1 saturated heterocycles. The van der Waals surface area contributed by atoms with Crippen molar-refractivity contribution in [3.05, 3.63) is 29.8 Å². The number of amides is 2. The summed E-state index contributed by atoms with van der Waals surface area (Å²) in [6, 6.07) is 6.06. The Labute approximate surface area is 129 Å². The van der Waals surface area contributed by atoms with Gasteiger partial charge in [-0.05, 0) is 30.9 Å². The number of carbonyl (C=O) groups is 2. The largest absolute Gasteiger partial charge is 0.341 e. The highest BCUT2D eigenvalue weighted by Crippen LogP contribution is 2.30. The fraction of sp³-hybridized carbons (Fsp3) is 0.467. The normalized spacial score (nSPS) is 23.5. The number of hydrogen-bond donors (Lipinski definition) is 0. The second kappa shape index (κ2) is 5.39. The van der Waals surface area contributed by atoms with E-state index in [2.05, 4.69) is 6.92 Å². The maximum absolute atomic E-state index is 12.4. The number of likely N-dealkylation sites (tertiary alicyclic amines) is 1. The van der Waals surface area contributed by atoms with Gasteiger partial charge < -0.3 is 4.90 Å². The number of piperidine rings is 1. The van der Waals surface area contributed by atoms with Crippen molar-refractivity contribution in [3.8, 4) is 0 Å². The lowest BCUT2D eigenvalue weighted by Gasteiger charge is -2.31. The van der Waals surface area contributed by atoms with Crippen LogP contribution < -0.4 is 0 Å². The third-order valence-electron chi connectivity index (χ3n) is 4.20. The summed E-state index contributed by atoms with van der Waals surface area (Å²) in [6.45, 7) is 2.89. The van der Waals surface area contributed by atoms with Crippen molar-refractivity contribution in [2.24, 2.45) is 5.92 Å². The second-order valence-electron chi connectivity index (χ2n) is 5.90. The number of hydrogen-bond acceptors (Lipinski definition) is 4. The van der Waals surface area contributed by atoms with Crippen LogP contribution in [0.4, 0.5) is 0 Å². The van der Waals surface area contributed by atoms with Gasteiger partial charge in [0.05, 0.1) is 5.56 Å². The topological polar surface area (TPSA) is 74.8 Å². The van der Waals surface area contributed by atoms with E-state index < -0.39 is 22.5 Å². The highest BCUT2D eigenvalue weighted by Gasteiger charge is 2.42. The Morgan fingerprint density at radius 2 is 2.05 bits per heavy atom. The zero-order valence-electron chi connectivity index (χ0n) is 12.4. The van der Waals surface area contributed by atoms with E-state index in [9.17, 15) is 18.0 Å². The molecule has 1 aromatic rings. The number of fused-ring (bicyclic) bond motifs is 1. The van der Waals surface area contributed by atoms with Crippen LogP contribution in [-0.4, -0.2) is 49.1 Å². The fourth-order valence-corrected chi connectivity index (χ4v) is 4.54. The number of carbonyl (C=O) groups excluding carboxylic acids is 2. The number of nitrogens with zero attached hydrogens (tertiary/aromatic N) is 2. The Hall–Kier alpha value is -1.89. The predicted molar refractivity (Wildman–Crippen MR) is 79.6 cm³/mol. The average molecular weight is 322 g/mol. The molecule has 1 aromatic carbocycles. The van der Waals surface area contributed by atoms with Crippen LogP contribution in [0.15, 0.2) is 29.2 Å². The van der Waals surface area contributed by atoms with Gasteiger partial charge in [0.25, 0.3) is 15.9 Å². The van der Waals surface area contributed by atoms with Crippen LogP contribution in [0.5, 0.6) is 0 Å². The molecule has 1 atom stereocenters. The molecule has 7 heteroatoms. The summed E-state index contributed by atoms with van der Waals surface area (Å²) in [5.74, 6) is -0.522. The Bertz CT molecular complexity index is 729. The van der Waals surface area contributed by atoms with Crippen molar-refractivity contribution in [3.63, 3.8) is 0 Å². The molecule has 22 heavy (non-hydrogen) atoms. The van der Waals surface area contributed by atoms with Gasteiger partial charge in [-0.15, -0.1) is 0 Å². The van der Waals surface area contributed by atoms with E-state index in [0.29, 0.717) is 23.3 Å². The molecule has 0 unspecified atom stereocenters. The minimum atomic E-state index is -3.91. The number of sulfonamides is 1. The highest BCUT2D eigenvalue weighted by atomic mass is 32.2. The summed E-state index contributed by atoms with van der Waals surface area (Å²) < 4.78 is 25.5. The zero-order chi connectivity index (χ0) is 15.9. The molecule has 118 valence electrons. The third kappa shape index (κ3) is 2.39. The van der Waals surface area contributed by atoms with E-state index >= 15 is 0 Å². The first-order chi connectivity index (χ1) is 10.4. The van der Waals surface area contributed by atoms with Gasteiger partial charge in [0.2, 0.25) is 5.91 Å². The van der Waals surface area contributed by atoms with Crippen molar-refractivity contribution in [1.82, 2.24) is 9.21 Å². The summed E-state index contributed by atoms with van der Waals surface area (Å²) >= 11 is 0. The van der Waals surface area contributed by atoms with E-state index in [1.165, 1.54) is 12.1 Å². The van der Waals surface area contributed by atoms with Crippen molar-refractivity contribution in [2.75, 3.05) is 19.6 Å². The van der Waals surface area contributed by atoms with Crippen molar-refractivity contribution in [2.45, 2.75) is 24.7 Å². The maximum Gasteiger partial charge on any atom is 0.269 e. The Morgan fingerprint density at radius 3 is 2.73 bits per heavy atom. The summed E-state index contributed by atoms with van der Waals surface area (Å²) in [5, 5.41) is 0. The monoisotopic (exact) mass is 322 g/mol. The zero-order valence-corrected chi connectivity index (χ0v) is 13.2. The molecule has 0 spiro atoms. The van der Waals surface area contributed by atoms with Gasteiger partial charge in [-0.2, -0.15) is 0 Å². The summed E-state index contributed by atoms with van der Waals surface area (Å²) in [4.78, 5) is 26.3. The summed E-state index contributed by atoms with van der Waals surface area (Å²) in [6.07, 6.45) is 1.98. The van der Waals surface area contributed by atoms with Gasteiger partial charge in [0, 0.05) is 13.1 Å². The van der Waals surface area contributed by atoms with Gasteiger partial charge in [-0.1, -0.05) is 19.1 Å². The first-order valence-electron chi connectivity index (χ1n) is 7.35. The SMILES string of the molecule is C[C@@H]1CCCN(C(=O)CN2C(=O)c3ccccc3S2(=O)=O)C1. The molecule has 2 heterocycles. The molecule has 2 aliphatic heterocycles. The Kier molecular flexibility index (Phi) is 3.68. The van der Waals surface area contributed by atoms with Gasteiger partial charge in [0.15, 0.2) is 0 Å². The molecular formula is C15H18N2O4S. The van der Waals surface area contributed by atoms with Crippen LogP contribution in [0.2, 0.25) is 0 Å². The molecule has 2 amide bonds. The molecule has 0 bridgehead atoms. The van der Waals surface area contributed by atoms with E-state index in [0.717, 1.165) is 12.8 Å². The molecule has 0 aliphatic carbocycles. The smallest absolute Gasteiger partial charge is 0.269 e. The number of benzene rings is 1. The van der Waals surface area contributed by atoms with Crippen LogP contribution in [0.3, 0.4) is 0 Å². The molecule has 0 saturated carbocycles. The van der Waals surface area contributed by atoms with Gasteiger partial charge in [-0.3, -0.25) is 9.59 Å². The van der Waals surface area contributed by atoms with E-state index in [4.69, 9.17) is 0 Å². The minimum absolute atomic E-state index is 0.0141. The minimum Gasteiger partial charge on any atom is -0.341 e. The van der Waals surface area contributed by atoms with Crippen LogP contribution in [0.1, 0.15) is 30.1 Å². The Balaban J connectivity index is 1.82. The van der Waals surface area contributed by atoms with Gasteiger partial charge in [-0.25, -0.2) is 12.7 Å². The summed E-state index contributed by atoms with van der Waals surface area (Å²) in [5.41, 5.74) is 0.141. The highest BCUT2D eigenvalue weighted by molar-refractivity contribution is 7.90. The van der Waals surface area contributed by atoms with E-state index in [1.54, 1.807) is 17.0 Å². The average Bonchev–Trinajstić information content (AvgIpc) is 2.69. The van der Waals surface area contributed by atoms with Crippen LogP contribution in [0, 0.1) is 5.92 Å². The lowest BCUT2D eigenvalue weighted by molar-refractivity contribution is -0.132. The summed E-state index contributed by atoms with van der Waals surface area (Å²) in [7, 11) is -3.91. The van der Waals surface area contributed by atoms with Crippen molar-refractivity contribution >= 4 is 21.8 Å². The molecule has 0 aromatic heterocycles. The lowest BCUT2D eigenvalue weighted by atomic mass is 10.0. The van der Waals surface area contributed by atoms with E-state index in [1.807, 2.05) is 0 Å². The fourth-order valence-electron chi connectivity index (χ4n) is 3.03. The molecule has 2 aliphatic rings. The van der Waals surface area contributed by atoms with Crippen molar-refractivity contribution < 1.29 is 18.0 Å². The molecule has 1 fully saturated rings. The standard InChI is InChI=1S/C15H18N2O4S/c1-11-5-4-8-16(9-11)14(18)10-17-15(19)12-6-2-3-7-13(12)22(17,20)21/h2-3,6-7,11H,4-5,8-10H2,1H3/t11-/m1/s1. The first kappa shape index (κ1) is 15.0. The van der Waals surface area contributed by atoms with Crippen LogP contribution in [-0.2, 0) is 14.8 Å². The predicted octanol–water partition coefficient (Wildman–Crippen LogP) is 1.09. The molecule has 0 N–H and O–H groups in total. The first-order valence-corrected chi connectivity index (χ1v) is 8.79. The van der Waals surface area contributed by atoms with Crippen LogP contribution >= 0.6 is 0 Å². The van der Waals surface area contributed by atoms with Gasteiger partial charge >= 0.3 is 0 Å².